The second kappa shape index (κ2) is 54.8. The molecule has 0 N–H and O–H groups in total. The van der Waals surface area contributed by atoms with Crippen LogP contribution in [-0.4, -0.2) is 76.5 Å². The van der Waals surface area contributed by atoms with Gasteiger partial charge < -0.3 is 0 Å². The van der Waals surface area contributed by atoms with Crippen LogP contribution in [0.15, 0.2) is 0 Å². The molecule has 0 aromatic carbocycles. The van der Waals surface area contributed by atoms with Gasteiger partial charge in [-0.3, -0.25) is 0 Å². The van der Waals surface area contributed by atoms with Gasteiger partial charge in [-0.15, -0.1) is 0 Å². The summed E-state index contributed by atoms with van der Waals surface area (Å²) in [5, 5.41) is 7.28. The van der Waals surface area contributed by atoms with Gasteiger partial charge >= 0.3 is 0 Å². The van der Waals surface area contributed by atoms with E-state index in [2.05, 4.69) is 189 Å². The van der Waals surface area contributed by atoms with Crippen molar-refractivity contribution in [2.24, 2.45) is 5.92 Å². The largest absolute Gasteiger partial charge is 0.163 e. The lowest BCUT2D eigenvalue weighted by atomic mass is 10.3. The van der Waals surface area contributed by atoms with E-state index in [-0.39, 0.29) is 0 Å². The molecule has 0 radical (unpaired) electrons. The summed E-state index contributed by atoms with van der Waals surface area (Å²) in [5.41, 5.74) is 0. The Morgan fingerprint density at radius 1 is 0.388 bits per heavy atom. The second-order valence-corrected chi connectivity index (χ2v) is 26.8. The Kier molecular flexibility index (Phi) is 74.1. The molecule has 0 saturated carbocycles. The maximum absolute atomic E-state index is 2.28. The molecule has 0 fully saturated rings. The molecular weight excluding hydrogens is 729 g/mol. The van der Waals surface area contributed by atoms with E-state index in [4.69, 9.17) is 0 Å². The Labute approximate surface area is 347 Å². The maximum atomic E-state index is 2.28. The van der Waals surface area contributed by atoms with Gasteiger partial charge in [-0.25, -0.2) is 0 Å². The minimum absolute atomic E-state index is 0.792. The third-order valence-electron chi connectivity index (χ3n) is 4.96. The molecule has 0 aromatic rings. The van der Waals surface area contributed by atoms with Gasteiger partial charge in [-0.05, 0) is 96.4 Å². The van der Waals surface area contributed by atoms with Gasteiger partial charge in [0.15, 0.2) is 0 Å². The van der Waals surface area contributed by atoms with Crippen molar-refractivity contribution in [2.75, 3.05) is 29.3 Å². The summed E-state index contributed by atoms with van der Waals surface area (Å²) in [6.07, 6.45) is 7.43. The van der Waals surface area contributed by atoms with Crippen LogP contribution in [-0.2, 0) is 0 Å². The molecule has 0 saturated heterocycles. The van der Waals surface area contributed by atoms with E-state index in [1.54, 1.807) is 0 Å². The Morgan fingerprint density at radius 3 is 0.878 bits per heavy atom. The van der Waals surface area contributed by atoms with E-state index in [1.807, 2.05) is 58.8 Å². The van der Waals surface area contributed by atoms with Crippen LogP contribution in [0.5, 0.6) is 0 Å². The molecule has 49 heavy (non-hydrogen) atoms. The summed E-state index contributed by atoms with van der Waals surface area (Å²) < 4.78 is 0. The van der Waals surface area contributed by atoms with Crippen LogP contribution in [0.1, 0.15) is 185 Å². The van der Waals surface area contributed by atoms with Crippen LogP contribution in [0.25, 0.3) is 0 Å². The number of hydrogen-bond acceptors (Lipinski definition) is 7. The fraction of sp³-hybridized carbons (Fsp3) is 1.00. The third kappa shape index (κ3) is 120. The molecule has 0 heterocycles. The lowest BCUT2D eigenvalue weighted by Crippen LogP contribution is -1.98. The van der Waals surface area contributed by atoms with E-state index >= 15 is 0 Å². The fourth-order valence-electron chi connectivity index (χ4n) is 2.64. The number of unbranched alkanes of at least 4 members (excludes halogenated alkanes) is 1. The van der Waals surface area contributed by atoms with Crippen molar-refractivity contribution in [3.05, 3.63) is 0 Å². The zero-order chi connectivity index (χ0) is 40.4. The predicted molar refractivity (Wildman–Crippen MR) is 265 cm³/mol. The zero-order valence-corrected chi connectivity index (χ0v) is 44.0. The first-order valence-corrected chi connectivity index (χ1v) is 27.2. The highest BCUT2D eigenvalue weighted by Crippen LogP contribution is 2.18. The summed E-state index contributed by atoms with van der Waals surface area (Å²) in [4.78, 5) is 0. The molecule has 0 spiro atoms. The standard InChI is InChI=1S/3C7H16S.2C6H14S.C5H12S.C4H10S/c1-6(2)5-8-7(3)4;1-5-7(4)8-6(2)3;1-4-5-6-8-7(2)3;1-5(2)7-6(3)4;1-4-5-7-6(2)3;1-4-6-5(2)3;1-4(2)5-3/h2*6-7H,5H2,1-4H3;7H,4-6H2,1-3H3;5-6H,1-4H3;6H,4-5H2,1-3H3;5H,4H2,1-3H3;4H,1-3H3. The lowest BCUT2D eigenvalue weighted by molar-refractivity contribution is 0.748. The summed E-state index contributed by atoms with van der Waals surface area (Å²) in [6.45, 7) is 51.3. The molecule has 0 bridgehead atoms. The van der Waals surface area contributed by atoms with E-state index in [1.165, 1.54) is 48.7 Å². The average molecular weight is 828 g/mol. The summed E-state index contributed by atoms with van der Waals surface area (Å²) in [7, 11) is 0. The fourth-order valence-corrected chi connectivity index (χ4v) is 7.92. The summed E-state index contributed by atoms with van der Waals surface area (Å²) in [6, 6.07) is 0. The average Bonchev–Trinajstić information content (AvgIpc) is 2.95. The number of hydrogen-bond donors (Lipinski definition) is 0. The quantitative estimate of drug-likeness (QED) is 0.125. The lowest BCUT2D eigenvalue weighted by Gasteiger charge is -2.09. The molecule has 0 nitrogen and oxygen atoms in total. The summed E-state index contributed by atoms with van der Waals surface area (Å²) in [5.74, 6) is 6.06. The van der Waals surface area contributed by atoms with Gasteiger partial charge in [-0.2, -0.15) is 82.3 Å². The van der Waals surface area contributed by atoms with Gasteiger partial charge in [0.1, 0.15) is 0 Å². The zero-order valence-electron chi connectivity index (χ0n) is 38.3. The van der Waals surface area contributed by atoms with E-state index in [0.29, 0.717) is 0 Å². The Bertz CT molecular complexity index is 491. The minimum Gasteiger partial charge on any atom is -0.163 e. The monoisotopic (exact) mass is 827 g/mol. The number of thioether (sulfide) groups is 7. The SMILES string of the molecule is CC(C)CSC(C)C.CC(C)SC(C)C.CCC(C)SC(C)C.CCCCSC(C)C.CCCSC(C)C.CCSC(C)C.CSC(C)C. The van der Waals surface area contributed by atoms with Crippen molar-refractivity contribution in [1.29, 1.82) is 0 Å². The maximum Gasteiger partial charge on any atom is 0.00186 e. The van der Waals surface area contributed by atoms with Crippen LogP contribution in [0, 0.1) is 5.92 Å². The minimum atomic E-state index is 0.792. The highest BCUT2D eigenvalue weighted by atomic mass is 32.2. The molecule has 7 heteroatoms. The van der Waals surface area contributed by atoms with Crippen LogP contribution < -0.4 is 0 Å². The van der Waals surface area contributed by atoms with Crippen LogP contribution in [0.3, 0.4) is 0 Å². The van der Waals surface area contributed by atoms with E-state index in [0.717, 1.165) is 53.2 Å². The molecule has 0 amide bonds. The highest BCUT2D eigenvalue weighted by molar-refractivity contribution is 8.01. The van der Waals surface area contributed by atoms with Crippen LogP contribution >= 0.6 is 82.3 Å². The van der Waals surface area contributed by atoms with Gasteiger partial charge in [-0.1, -0.05) is 166 Å². The van der Waals surface area contributed by atoms with Crippen molar-refractivity contribution in [3.8, 4) is 0 Å². The predicted octanol–water partition coefficient (Wildman–Crippen LogP) is 17.6. The first-order chi connectivity index (χ1) is 22.5. The summed E-state index contributed by atoms with van der Waals surface area (Å²) >= 11 is 14.1. The van der Waals surface area contributed by atoms with Gasteiger partial charge in [0.25, 0.3) is 0 Å². The van der Waals surface area contributed by atoms with Crippen molar-refractivity contribution in [2.45, 2.75) is 232 Å². The van der Waals surface area contributed by atoms with Gasteiger partial charge in [0, 0.05) is 5.25 Å². The van der Waals surface area contributed by atoms with Crippen molar-refractivity contribution >= 4 is 82.3 Å². The molecule has 0 rings (SSSR count). The van der Waals surface area contributed by atoms with E-state index in [9.17, 15) is 0 Å². The van der Waals surface area contributed by atoms with E-state index < -0.39 is 0 Å². The Hall–Kier alpha value is 2.45. The molecule has 308 valence electrons. The first-order valence-electron chi connectivity index (χ1n) is 19.8. The topological polar surface area (TPSA) is 0 Å². The molecule has 0 aliphatic rings. The molecular formula is C42H98S7. The van der Waals surface area contributed by atoms with Crippen molar-refractivity contribution in [3.63, 3.8) is 0 Å². The van der Waals surface area contributed by atoms with Crippen LogP contribution in [0.2, 0.25) is 0 Å². The first kappa shape index (κ1) is 66.3. The van der Waals surface area contributed by atoms with Crippen molar-refractivity contribution in [1.82, 2.24) is 0 Å². The molecule has 1 unspecified atom stereocenters. The highest BCUT2D eigenvalue weighted by Gasteiger charge is 2.00. The second-order valence-electron chi connectivity index (χ2n) is 14.4. The van der Waals surface area contributed by atoms with Crippen molar-refractivity contribution < 1.29 is 0 Å². The molecule has 0 aliphatic carbocycles. The molecule has 0 aliphatic heterocycles. The van der Waals surface area contributed by atoms with Crippen LogP contribution in [0.4, 0.5) is 0 Å². The number of rotatable bonds is 18. The Balaban J connectivity index is -0.0000000844. The van der Waals surface area contributed by atoms with Gasteiger partial charge in [0.2, 0.25) is 0 Å². The normalized spacial score (nSPS) is 11.2. The smallest absolute Gasteiger partial charge is 0.00186 e. The molecule has 0 aromatic heterocycles. The third-order valence-corrected chi connectivity index (χ3v) is 13.4. The van der Waals surface area contributed by atoms with Gasteiger partial charge in [0.05, 0.1) is 0 Å². The molecule has 1 atom stereocenters. The Morgan fingerprint density at radius 2 is 0.755 bits per heavy atom.